The number of benzene rings is 2. The van der Waals surface area contributed by atoms with Crippen molar-refractivity contribution in [2.45, 2.75) is 29.8 Å². The molecular weight excluding hydrogens is 541 g/mol. The molecule has 0 spiro atoms. The van der Waals surface area contributed by atoms with Gasteiger partial charge in [0.1, 0.15) is 23.0 Å². The van der Waals surface area contributed by atoms with E-state index >= 15 is 0 Å². The smallest absolute Gasteiger partial charge is 0.281 e. The lowest BCUT2D eigenvalue weighted by Gasteiger charge is -2.17. The molecule has 37 heavy (non-hydrogen) atoms. The van der Waals surface area contributed by atoms with E-state index in [4.69, 9.17) is 23.2 Å². The highest BCUT2D eigenvalue weighted by Crippen LogP contribution is 2.38. The second-order valence-electron chi connectivity index (χ2n) is 8.20. The van der Waals surface area contributed by atoms with Crippen LogP contribution in [0.5, 0.6) is 0 Å². The fourth-order valence-electron chi connectivity index (χ4n) is 3.97. The van der Waals surface area contributed by atoms with Crippen LogP contribution in [0.4, 0.5) is 14.5 Å². The third kappa shape index (κ3) is 5.04. The Morgan fingerprint density at radius 1 is 1.05 bits per heavy atom. The van der Waals surface area contributed by atoms with Crippen LogP contribution in [-0.4, -0.2) is 24.6 Å². The molecule has 188 valence electrons. The maximum absolute atomic E-state index is 14.1. The summed E-state index contributed by atoms with van der Waals surface area (Å²) >= 11 is 14.3. The molecule has 0 aliphatic carbocycles. The number of fused-ring (bicyclic) bond motifs is 1. The van der Waals surface area contributed by atoms with Crippen molar-refractivity contribution in [1.82, 2.24) is 24.6 Å². The van der Waals surface area contributed by atoms with Crippen LogP contribution in [0.15, 0.2) is 69.8 Å². The van der Waals surface area contributed by atoms with Crippen LogP contribution in [0.2, 0.25) is 10.0 Å². The Hall–Kier alpha value is -3.47. The van der Waals surface area contributed by atoms with E-state index in [0.717, 1.165) is 29.2 Å². The first kappa shape index (κ1) is 25.2. The maximum atomic E-state index is 14.1. The summed E-state index contributed by atoms with van der Waals surface area (Å²) in [4.78, 5) is 24.4. The van der Waals surface area contributed by atoms with Crippen molar-refractivity contribution in [3.8, 4) is 11.1 Å². The summed E-state index contributed by atoms with van der Waals surface area (Å²) in [7, 11) is 0. The van der Waals surface area contributed by atoms with Crippen LogP contribution in [0, 0.1) is 18.6 Å². The molecule has 1 atom stereocenters. The van der Waals surface area contributed by atoms with Crippen molar-refractivity contribution in [2.75, 3.05) is 5.32 Å². The minimum Gasteiger partial charge on any atom is -0.377 e. The van der Waals surface area contributed by atoms with Crippen molar-refractivity contribution < 1.29 is 8.78 Å². The van der Waals surface area contributed by atoms with Crippen LogP contribution in [0.1, 0.15) is 24.4 Å². The first-order chi connectivity index (χ1) is 17.7. The topological polar surface area (TPSA) is 88.0 Å². The summed E-state index contributed by atoms with van der Waals surface area (Å²) in [5.74, 6) is -1.37. The summed E-state index contributed by atoms with van der Waals surface area (Å²) in [6.45, 7) is 3.89. The lowest BCUT2D eigenvalue weighted by Crippen LogP contribution is -2.14. The number of hydrogen-bond acceptors (Lipinski definition) is 6. The molecular formula is C25H18Cl2F2N6OS. The number of anilines is 1. The predicted molar refractivity (Wildman–Crippen MR) is 141 cm³/mol. The van der Waals surface area contributed by atoms with Gasteiger partial charge in [0, 0.05) is 27.9 Å². The first-order valence-corrected chi connectivity index (χ1v) is 12.6. The molecule has 5 rings (SSSR count). The van der Waals surface area contributed by atoms with Gasteiger partial charge in [-0.3, -0.25) is 4.79 Å². The lowest BCUT2D eigenvalue weighted by atomic mass is 10.1. The van der Waals surface area contributed by atoms with Gasteiger partial charge in [0.15, 0.2) is 0 Å². The SMILES string of the molecule is Cc1[nH]cnc1C(C)Nc1cc(Cl)c(-c2c(=O)ncn3nc(Sc4ccc(F)cc4F)ccc23)c(Cl)c1. The molecule has 0 aliphatic rings. The van der Waals surface area contributed by atoms with E-state index in [0.29, 0.717) is 21.8 Å². The summed E-state index contributed by atoms with van der Waals surface area (Å²) < 4.78 is 28.7. The fraction of sp³-hybridized carbons (Fsp3) is 0.120. The van der Waals surface area contributed by atoms with Gasteiger partial charge in [-0.2, -0.15) is 10.1 Å². The number of imidazole rings is 1. The van der Waals surface area contributed by atoms with E-state index in [2.05, 4.69) is 25.4 Å². The largest absolute Gasteiger partial charge is 0.377 e. The molecule has 0 aliphatic heterocycles. The number of aromatic amines is 1. The van der Waals surface area contributed by atoms with Crippen molar-refractivity contribution in [2.24, 2.45) is 0 Å². The molecule has 0 saturated carbocycles. The van der Waals surface area contributed by atoms with Crippen LogP contribution >= 0.6 is 35.0 Å². The van der Waals surface area contributed by atoms with Crippen molar-refractivity contribution in [3.05, 3.63) is 98.5 Å². The highest BCUT2D eigenvalue weighted by Gasteiger charge is 2.20. The quantitative estimate of drug-likeness (QED) is 0.241. The Labute approximate surface area is 223 Å². The van der Waals surface area contributed by atoms with Crippen LogP contribution in [-0.2, 0) is 0 Å². The normalized spacial score (nSPS) is 12.2. The first-order valence-electron chi connectivity index (χ1n) is 11.0. The van der Waals surface area contributed by atoms with E-state index in [-0.39, 0.29) is 26.5 Å². The van der Waals surface area contributed by atoms with Crippen molar-refractivity contribution in [1.29, 1.82) is 0 Å². The summed E-state index contributed by atoms with van der Waals surface area (Å²) in [6.07, 6.45) is 2.89. The minimum atomic E-state index is -0.699. The molecule has 5 aromatic rings. The van der Waals surface area contributed by atoms with Gasteiger partial charge in [0.25, 0.3) is 5.56 Å². The number of halogens is 4. The zero-order chi connectivity index (χ0) is 26.3. The number of nitrogens with one attached hydrogen (secondary N) is 2. The minimum absolute atomic E-state index is 0.125. The average molecular weight is 559 g/mol. The van der Waals surface area contributed by atoms with Crippen LogP contribution < -0.4 is 10.9 Å². The van der Waals surface area contributed by atoms with Gasteiger partial charge < -0.3 is 10.3 Å². The van der Waals surface area contributed by atoms with E-state index in [1.165, 1.54) is 23.0 Å². The number of aryl methyl sites for hydroxylation is 1. The highest BCUT2D eigenvalue weighted by molar-refractivity contribution is 7.99. The highest BCUT2D eigenvalue weighted by atomic mass is 35.5. The Balaban J connectivity index is 1.51. The van der Waals surface area contributed by atoms with Gasteiger partial charge >= 0.3 is 0 Å². The molecule has 0 amide bonds. The number of rotatable bonds is 6. The number of H-pyrrole nitrogens is 1. The molecule has 7 nitrogen and oxygen atoms in total. The number of aromatic nitrogens is 5. The Kier molecular flexibility index (Phi) is 6.89. The van der Waals surface area contributed by atoms with Gasteiger partial charge in [-0.15, -0.1) is 0 Å². The summed E-state index contributed by atoms with van der Waals surface area (Å²) in [5, 5.41) is 8.65. The molecule has 12 heteroatoms. The van der Waals surface area contributed by atoms with Gasteiger partial charge in [-0.25, -0.2) is 18.3 Å². The van der Waals surface area contributed by atoms with Crippen LogP contribution in [0.25, 0.3) is 16.6 Å². The molecule has 2 aromatic carbocycles. The maximum Gasteiger partial charge on any atom is 0.281 e. The van der Waals surface area contributed by atoms with E-state index in [1.54, 1.807) is 30.6 Å². The third-order valence-electron chi connectivity index (χ3n) is 5.65. The second-order valence-corrected chi connectivity index (χ2v) is 10.1. The molecule has 0 radical (unpaired) electrons. The fourth-order valence-corrected chi connectivity index (χ4v) is 5.43. The summed E-state index contributed by atoms with van der Waals surface area (Å²) in [5.41, 5.74) is 2.83. The van der Waals surface area contributed by atoms with E-state index in [9.17, 15) is 13.6 Å². The molecule has 0 saturated heterocycles. The zero-order valence-electron chi connectivity index (χ0n) is 19.4. The van der Waals surface area contributed by atoms with Gasteiger partial charge in [0.05, 0.1) is 39.2 Å². The predicted octanol–water partition coefficient (Wildman–Crippen LogP) is 6.70. The number of hydrogen-bond donors (Lipinski definition) is 2. The lowest BCUT2D eigenvalue weighted by molar-refractivity contribution is 0.565. The molecule has 0 bridgehead atoms. The summed E-state index contributed by atoms with van der Waals surface area (Å²) in [6, 6.07) is 9.81. The zero-order valence-corrected chi connectivity index (χ0v) is 21.7. The number of nitrogens with zero attached hydrogens (tertiary/aromatic N) is 4. The van der Waals surface area contributed by atoms with Gasteiger partial charge in [-0.05, 0) is 50.2 Å². The van der Waals surface area contributed by atoms with E-state index in [1.807, 2.05) is 13.8 Å². The molecule has 3 heterocycles. The van der Waals surface area contributed by atoms with Crippen molar-refractivity contribution >= 4 is 46.2 Å². The average Bonchev–Trinajstić information content (AvgIpc) is 3.28. The van der Waals surface area contributed by atoms with Crippen LogP contribution in [0.3, 0.4) is 0 Å². The third-order valence-corrected chi connectivity index (χ3v) is 7.23. The molecule has 1 unspecified atom stereocenters. The Bertz CT molecular complexity index is 1680. The standard InChI is InChI=1S/C25H18Cl2F2N6OS/c1-12-24(31-10-30-12)13(2)33-15-8-16(26)22(17(27)9-15)23-19-4-6-21(34-35(19)11-32-25(23)36)37-20-5-3-14(28)7-18(20)29/h3-11,13,33H,1-2H3,(H,30,31). The Morgan fingerprint density at radius 2 is 1.81 bits per heavy atom. The van der Waals surface area contributed by atoms with Crippen molar-refractivity contribution in [3.63, 3.8) is 0 Å². The van der Waals surface area contributed by atoms with E-state index < -0.39 is 17.2 Å². The Morgan fingerprint density at radius 3 is 2.49 bits per heavy atom. The molecule has 0 fully saturated rings. The van der Waals surface area contributed by atoms with Gasteiger partial charge in [-0.1, -0.05) is 35.0 Å². The van der Waals surface area contributed by atoms with Gasteiger partial charge in [0.2, 0.25) is 0 Å². The second kappa shape index (κ2) is 10.1. The monoisotopic (exact) mass is 558 g/mol. The molecule has 2 N–H and O–H groups in total. The molecule has 3 aromatic heterocycles.